The van der Waals surface area contributed by atoms with Crippen molar-refractivity contribution in [3.8, 4) is 0 Å². The Hall–Kier alpha value is -2.11. The Kier molecular flexibility index (Phi) is 8.55. The molecule has 2 aromatic carbocycles. The first-order valence-corrected chi connectivity index (χ1v) is 12.4. The number of amides is 2. The van der Waals surface area contributed by atoms with Crippen LogP contribution in [0.1, 0.15) is 41.6 Å². The molecule has 2 amide bonds. The number of aryl methyl sites for hydroxylation is 1. The molecule has 0 aliphatic carbocycles. The van der Waals surface area contributed by atoms with E-state index in [-0.39, 0.29) is 23.6 Å². The molecule has 3 rings (SSSR count). The number of carbonyl (C=O) groups excluding carboxylic acids is 2. The smallest absolute Gasteiger partial charge is 0.253 e. The number of nitrogens with one attached hydrogen (secondary N) is 2. The van der Waals surface area contributed by atoms with Gasteiger partial charge in [0.2, 0.25) is 5.91 Å². The van der Waals surface area contributed by atoms with Crippen molar-refractivity contribution in [3.05, 3.63) is 68.0 Å². The van der Waals surface area contributed by atoms with Crippen molar-refractivity contribution in [2.24, 2.45) is 0 Å². The topological polar surface area (TPSA) is 88.9 Å². The first-order valence-electron chi connectivity index (χ1n) is 9.97. The van der Waals surface area contributed by atoms with E-state index >= 15 is 0 Å². The van der Waals surface area contributed by atoms with Crippen LogP contribution in [0, 0.1) is 10.5 Å². The van der Waals surface area contributed by atoms with Gasteiger partial charge in [0, 0.05) is 15.8 Å². The highest BCUT2D eigenvalue weighted by atomic mass is 127. The van der Waals surface area contributed by atoms with Gasteiger partial charge in [0.15, 0.2) is 11.0 Å². The molecule has 0 spiro atoms. The average molecular weight is 584 g/mol. The average Bonchev–Trinajstić information content (AvgIpc) is 3.17. The molecule has 168 valence electrons. The number of thioether (sulfide) groups is 1. The van der Waals surface area contributed by atoms with E-state index in [2.05, 4.69) is 43.4 Å². The van der Waals surface area contributed by atoms with Gasteiger partial charge in [-0.15, -0.1) is 10.2 Å². The summed E-state index contributed by atoms with van der Waals surface area (Å²) in [5.74, 6) is 0.412. The van der Waals surface area contributed by atoms with Crippen LogP contribution in [0.15, 0.2) is 47.6 Å². The number of hydrogen-bond acceptors (Lipinski definition) is 5. The number of rotatable bonds is 8. The first-order chi connectivity index (χ1) is 15.3. The van der Waals surface area contributed by atoms with Gasteiger partial charge in [0.25, 0.3) is 5.91 Å². The molecule has 0 radical (unpaired) electrons. The van der Waals surface area contributed by atoms with Gasteiger partial charge < -0.3 is 15.2 Å². The number of benzene rings is 2. The third kappa shape index (κ3) is 6.02. The fourth-order valence-corrected chi connectivity index (χ4v) is 4.77. The van der Waals surface area contributed by atoms with Gasteiger partial charge in [0.1, 0.15) is 0 Å². The first kappa shape index (κ1) is 24.5. The fourth-order valence-electron chi connectivity index (χ4n) is 3.09. The maximum atomic E-state index is 12.6. The Labute approximate surface area is 209 Å². The van der Waals surface area contributed by atoms with Crippen LogP contribution >= 0.6 is 46.0 Å². The van der Waals surface area contributed by atoms with E-state index in [9.17, 15) is 9.59 Å². The van der Waals surface area contributed by atoms with Gasteiger partial charge in [-0.3, -0.25) is 9.59 Å². The maximum Gasteiger partial charge on any atom is 0.253 e. The summed E-state index contributed by atoms with van der Waals surface area (Å²) in [5, 5.41) is 15.3. The van der Waals surface area contributed by atoms with Crippen LogP contribution in [-0.2, 0) is 11.3 Å². The van der Waals surface area contributed by atoms with E-state index in [1.807, 2.05) is 43.5 Å². The van der Waals surface area contributed by atoms with Crippen molar-refractivity contribution < 1.29 is 9.59 Å². The maximum absolute atomic E-state index is 12.6. The highest BCUT2D eigenvalue weighted by Gasteiger charge is 2.21. The predicted molar refractivity (Wildman–Crippen MR) is 136 cm³/mol. The molecule has 1 atom stereocenters. The van der Waals surface area contributed by atoms with Crippen LogP contribution < -0.4 is 10.6 Å². The second-order valence-corrected chi connectivity index (χ2v) is 9.65. The highest BCUT2D eigenvalue weighted by Crippen LogP contribution is 2.23. The predicted octanol–water partition coefficient (Wildman–Crippen LogP) is 5.09. The van der Waals surface area contributed by atoms with Crippen molar-refractivity contribution in [2.75, 3.05) is 11.1 Å². The highest BCUT2D eigenvalue weighted by molar-refractivity contribution is 14.1. The molecule has 7 nitrogen and oxygen atoms in total. The van der Waals surface area contributed by atoms with E-state index in [0.29, 0.717) is 28.1 Å². The quantitative estimate of drug-likeness (QED) is 0.285. The molecule has 10 heteroatoms. The lowest BCUT2D eigenvalue weighted by molar-refractivity contribution is -0.113. The van der Waals surface area contributed by atoms with Gasteiger partial charge in [0.05, 0.1) is 22.4 Å². The van der Waals surface area contributed by atoms with Crippen molar-refractivity contribution in [1.82, 2.24) is 20.1 Å². The molecule has 32 heavy (non-hydrogen) atoms. The second-order valence-electron chi connectivity index (χ2n) is 7.06. The molecule has 0 saturated carbocycles. The third-order valence-corrected chi connectivity index (χ3v) is 6.68. The molecule has 0 saturated heterocycles. The lowest BCUT2D eigenvalue weighted by atomic mass is 10.2. The monoisotopic (exact) mass is 583 g/mol. The summed E-state index contributed by atoms with van der Waals surface area (Å²) in [5.41, 5.74) is 2.21. The summed E-state index contributed by atoms with van der Waals surface area (Å²) in [6.07, 6.45) is 0. The molecule has 1 heterocycles. The summed E-state index contributed by atoms with van der Waals surface area (Å²) in [4.78, 5) is 25.0. The van der Waals surface area contributed by atoms with E-state index in [4.69, 9.17) is 11.6 Å². The van der Waals surface area contributed by atoms with Gasteiger partial charge >= 0.3 is 0 Å². The Morgan fingerprint density at radius 2 is 1.97 bits per heavy atom. The standard InChI is InChI=1S/C22H23ClIN5O2S/c1-4-29-20(14(3)25-21(31)16-7-5-6-8-17(16)23)27-28-22(29)32-12-19(30)26-18-10-9-15(24)11-13(18)2/h5-11,14H,4,12H2,1-3H3,(H,25,31)(H,26,30)/t14-/m0/s1. The van der Waals surface area contributed by atoms with Gasteiger partial charge in [-0.2, -0.15) is 0 Å². The minimum absolute atomic E-state index is 0.119. The van der Waals surface area contributed by atoms with Crippen molar-refractivity contribution >= 4 is 63.5 Å². The number of aromatic nitrogens is 3. The molecule has 0 aliphatic rings. The zero-order valence-electron chi connectivity index (χ0n) is 17.9. The molecular weight excluding hydrogens is 561 g/mol. The largest absolute Gasteiger partial charge is 0.342 e. The van der Waals surface area contributed by atoms with Gasteiger partial charge in [-0.1, -0.05) is 35.5 Å². The zero-order valence-corrected chi connectivity index (χ0v) is 21.6. The Morgan fingerprint density at radius 3 is 2.66 bits per heavy atom. The summed E-state index contributed by atoms with van der Waals surface area (Å²) in [7, 11) is 0. The van der Waals surface area contributed by atoms with Crippen LogP contribution in [-0.4, -0.2) is 32.3 Å². The van der Waals surface area contributed by atoms with Crippen LogP contribution in [0.2, 0.25) is 5.02 Å². The van der Waals surface area contributed by atoms with Crippen molar-refractivity contribution in [3.63, 3.8) is 0 Å². The molecule has 2 N–H and O–H groups in total. The molecule has 0 fully saturated rings. The number of halogens is 2. The summed E-state index contributed by atoms with van der Waals surface area (Å²) >= 11 is 9.67. The van der Waals surface area contributed by atoms with Crippen LogP contribution in [0.5, 0.6) is 0 Å². The van der Waals surface area contributed by atoms with E-state index in [0.717, 1.165) is 14.8 Å². The number of anilines is 1. The van der Waals surface area contributed by atoms with Crippen molar-refractivity contribution in [1.29, 1.82) is 0 Å². The van der Waals surface area contributed by atoms with Gasteiger partial charge in [-0.05, 0) is 79.3 Å². The van der Waals surface area contributed by atoms with Crippen LogP contribution in [0.25, 0.3) is 0 Å². The van der Waals surface area contributed by atoms with Crippen molar-refractivity contribution in [2.45, 2.75) is 38.5 Å². The molecule has 0 unspecified atom stereocenters. The Morgan fingerprint density at radius 1 is 1.22 bits per heavy atom. The lowest BCUT2D eigenvalue weighted by Gasteiger charge is -2.15. The minimum atomic E-state index is -0.385. The minimum Gasteiger partial charge on any atom is -0.342 e. The SMILES string of the molecule is CCn1c(SCC(=O)Nc2ccc(I)cc2C)nnc1[C@H](C)NC(=O)c1ccccc1Cl. The number of hydrogen-bond donors (Lipinski definition) is 2. The Balaban J connectivity index is 1.64. The fraction of sp³-hybridized carbons (Fsp3) is 0.273. The Bertz CT molecular complexity index is 1140. The number of carbonyl (C=O) groups is 2. The molecule has 0 aliphatic heterocycles. The van der Waals surface area contributed by atoms with Gasteiger partial charge in [-0.25, -0.2) is 0 Å². The zero-order chi connectivity index (χ0) is 23.3. The molecule has 0 bridgehead atoms. The van der Waals surface area contributed by atoms with Crippen LogP contribution in [0.4, 0.5) is 5.69 Å². The summed E-state index contributed by atoms with van der Waals surface area (Å²) in [6, 6.07) is 12.4. The van der Waals surface area contributed by atoms with E-state index < -0.39 is 0 Å². The summed E-state index contributed by atoms with van der Waals surface area (Å²) in [6.45, 7) is 6.37. The van der Waals surface area contributed by atoms with E-state index in [1.54, 1.807) is 24.3 Å². The lowest BCUT2D eigenvalue weighted by Crippen LogP contribution is -2.29. The third-order valence-electron chi connectivity index (χ3n) is 4.71. The second kappa shape index (κ2) is 11.2. The van der Waals surface area contributed by atoms with E-state index in [1.165, 1.54) is 11.8 Å². The molecular formula is C22H23ClIN5O2S. The molecule has 3 aromatic rings. The van der Waals surface area contributed by atoms with Crippen LogP contribution in [0.3, 0.4) is 0 Å². The normalized spacial score (nSPS) is 11.8. The summed E-state index contributed by atoms with van der Waals surface area (Å²) < 4.78 is 3.01. The molecule has 1 aromatic heterocycles. The number of nitrogens with zero attached hydrogens (tertiary/aromatic N) is 3.